The summed E-state index contributed by atoms with van der Waals surface area (Å²) >= 11 is 0. The third kappa shape index (κ3) is 4.85. The molecular weight excluding hydrogens is 340 g/mol. The summed E-state index contributed by atoms with van der Waals surface area (Å²) in [6.07, 6.45) is 3.43. The number of carbonyl (C=O) groups is 1. The molecule has 1 aromatic heterocycles. The molecule has 3 aromatic rings. The van der Waals surface area contributed by atoms with Gasteiger partial charge in [0, 0.05) is 18.0 Å². The maximum absolute atomic E-state index is 12.6. The largest absolute Gasteiger partial charge is 0.493 e. The molecule has 5 heteroatoms. The lowest BCUT2D eigenvalue weighted by molar-refractivity contribution is 0.0939. The van der Waals surface area contributed by atoms with Crippen LogP contribution in [0.15, 0.2) is 73.1 Å². The van der Waals surface area contributed by atoms with Gasteiger partial charge in [-0.3, -0.25) is 9.78 Å². The van der Waals surface area contributed by atoms with Crippen LogP contribution in [-0.2, 0) is 6.61 Å². The number of aromatic nitrogens is 1. The van der Waals surface area contributed by atoms with Gasteiger partial charge in [-0.2, -0.15) is 0 Å². The van der Waals surface area contributed by atoms with Crippen LogP contribution in [0.4, 0.5) is 0 Å². The molecule has 5 nitrogen and oxygen atoms in total. The maximum atomic E-state index is 12.6. The van der Waals surface area contributed by atoms with Crippen LogP contribution < -0.4 is 14.8 Å². The molecule has 0 saturated carbocycles. The van der Waals surface area contributed by atoms with Crippen LogP contribution in [0, 0.1) is 0 Å². The minimum absolute atomic E-state index is 0.0954. The summed E-state index contributed by atoms with van der Waals surface area (Å²) in [6.45, 7) is 2.32. The van der Waals surface area contributed by atoms with E-state index in [1.807, 2.05) is 49.4 Å². The van der Waals surface area contributed by atoms with Crippen LogP contribution in [0.5, 0.6) is 11.5 Å². The maximum Gasteiger partial charge on any atom is 0.251 e. The van der Waals surface area contributed by atoms with Gasteiger partial charge < -0.3 is 14.8 Å². The number of pyridine rings is 1. The van der Waals surface area contributed by atoms with Gasteiger partial charge in [0.05, 0.1) is 13.2 Å². The van der Waals surface area contributed by atoms with E-state index < -0.39 is 0 Å². The molecule has 1 atom stereocenters. The highest BCUT2D eigenvalue weighted by Crippen LogP contribution is 2.29. The summed E-state index contributed by atoms with van der Waals surface area (Å²) in [4.78, 5) is 16.6. The molecule has 0 radical (unpaired) electrons. The number of nitrogens with zero attached hydrogens (tertiary/aromatic N) is 1. The number of nitrogens with one attached hydrogen (secondary N) is 1. The van der Waals surface area contributed by atoms with E-state index in [-0.39, 0.29) is 11.9 Å². The van der Waals surface area contributed by atoms with Crippen molar-refractivity contribution >= 4 is 5.91 Å². The van der Waals surface area contributed by atoms with E-state index in [0.29, 0.717) is 23.7 Å². The molecule has 0 aliphatic rings. The van der Waals surface area contributed by atoms with Crippen LogP contribution in [0.3, 0.4) is 0 Å². The van der Waals surface area contributed by atoms with E-state index in [4.69, 9.17) is 9.47 Å². The summed E-state index contributed by atoms with van der Waals surface area (Å²) in [5, 5.41) is 3.01. The SMILES string of the molecule is COc1ccc(C(=O)N[C@@H](C)c2ccccc2)cc1OCc1ccncc1. The molecule has 1 heterocycles. The first-order valence-electron chi connectivity index (χ1n) is 8.73. The van der Waals surface area contributed by atoms with Crippen LogP contribution in [0.2, 0.25) is 0 Å². The lowest BCUT2D eigenvalue weighted by atomic mass is 10.1. The Morgan fingerprint density at radius 1 is 1.04 bits per heavy atom. The van der Waals surface area contributed by atoms with E-state index in [9.17, 15) is 4.79 Å². The van der Waals surface area contributed by atoms with Crippen LogP contribution >= 0.6 is 0 Å². The first-order valence-corrected chi connectivity index (χ1v) is 8.73. The fourth-order valence-electron chi connectivity index (χ4n) is 2.68. The topological polar surface area (TPSA) is 60.5 Å². The lowest BCUT2D eigenvalue weighted by Gasteiger charge is -2.16. The number of carbonyl (C=O) groups excluding carboxylic acids is 1. The third-order valence-corrected chi connectivity index (χ3v) is 4.22. The van der Waals surface area contributed by atoms with Crippen LogP contribution in [0.1, 0.15) is 34.5 Å². The zero-order chi connectivity index (χ0) is 19.1. The van der Waals surface area contributed by atoms with Gasteiger partial charge in [0.25, 0.3) is 5.91 Å². The highest BCUT2D eigenvalue weighted by Gasteiger charge is 2.14. The Hall–Kier alpha value is -3.34. The van der Waals surface area contributed by atoms with Crippen molar-refractivity contribution in [3.05, 3.63) is 89.7 Å². The second-order valence-electron chi connectivity index (χ2n) is 6.12. The Balaban J connectivity index is 1.72. The van der Waals surface area contributed by atoms with Crippen molar-refractivity contribution in [2.45, 2.75) is 19.6 Å². The molecule has 2 aromatic carbocycles. The van der Waals surface area contributed by atoms with Gasteiger partial charge in [0.15, 0.2) is 11.5 Å². The predicted molar refractivity (Wildman–Crippen MR) is 104 cm³/mol. The molecule has 0 spiro atoms. The van der Waals surface area contributed by atoms with E-state index in [2.05, 4.69) is 10.3 Å². The molecule has 1 amide bonds. The molecule has 1 N–H and O–H groups in total. The highest BCUT2D eigenvalue weighted by molar-refractivity contribution is 5.95. The van der Waals surface area contributed by atoms with Crippen molar-refractivity contribution in [2.24, 2.45) is 0 Å². The molecule has 0 aliphatic heterocycles. The Morgan fingerprint density at radius 3 is 2.48 bits per heavy atom. The van der Waals surface area contributed by atoms with Crippen LogP contribution in [-0.4, -0.2) is 18.0 Å². The number of ether oxygens (including phenoxy) is 2. The van der Waals surface area contributed by atoms with Crippen molar-refractivity contribution in [2.75, 3.05) is 7.11 Å². The fourth-order valence-corrected chi connectivity index (χ4v) is 2.68. The summed E-state index contributed by atoms with van der Waals surface area (Å²) in [7, 11) is 1.58. The van der Waals surface area contributed by atoms with Crippen LogP contribution in [0.25, 0.3) is 0 Å². The number of hydrogen-bond donors (Lipinski definition) is 1. The number of rotatable bonds is 7. The van der Waals surface area contributed by atoms with Crippen molar-refractivity contribution in [1.29, 1.82) is 0 Å². The van der Waals surface area contributed by atoms with Crippen molar-refractivity contribution in [1.82, 2.24) is 10.3 Å². The number of hydrogen-bond acceptors (Lipinski definition) is 4. The van der Waals surface area contributed by atoms with E-state index in [0.717, 1.165) is 11.1 Å². The van der Waals surface area contributed by atoms with Gasteiger partial charge >= 0.3 is 0 Å². The second-order valence-corrected chi connectivity index (χ2v) is 6.12. The van der Waals surface area contributed by atoms with E-state index in [1.54, 1.807) is 37.7 Å². The number of amides is 1. The Bertz CT molecular complexity index is 883. The normalized spacial score (nSPS) is 11.5. The molecule has 0 unspecified atom stereocenters. The molecule has 138 valence electrons. The quantitative estimate of drug-likeness (QED) is 0.686. The number of methoxy groups -OCH3 is 1. The average Bonchev–Trinajstić information content (AvgIpc) is 2.73. The molecule has 3 rings (SSSR count). The lowest BCUT2D eigenvalue weighted by Crippen LogP contribution is -2.26. The summed E-state index contributed by atoms with van der Waals surface area (Å²) in [5.74, 6) is 0.939. The minimum Gasteiger partial charge on any atom is -0.493 e. The zero-order valence-electron chi connectivity index (χ0n) is 15.4. The average molecular weight is 362 g/mol. The van der Waals surface area contributed by atoms with Gasteiger partial charge in [0.2, 0.25) is 0 Å². The van der Waals surface area contributed by atoms with E-state index in [1.165, 1.54) is 0 Å². The standard InChI is InChI=1S/C22H22N2O3/c1-16(18-6-4-3-5-7-18)24-22(25)19-8-9-20(26-2)21(14-19)27-15-17-10-12-23-13-11-17/h3-14,16H,15H2,1-2H3,(H,24,25)/t16-/m0/s1. The predicted octanol–water partition coefficient (Wildman–Crippen LogP) is 4.16. The van der Waals surface area contributed by atoms with Gasteiger partial charge in [-0.25, -0.2) is 0 Å². The van der Waals surface area contributed by atoms with Gasteiger partial charge in [-0.05, 0) is 48.4 Å². The van der Waals surface area contributed by atoms with Gasteiger partial charge in [-0.15, -0.1) is 0 Å². The summed E-state index contributed by atoms with van der Waals surface area (Å²) in [6, 6.07) is 18.7. The monoisotopic (exact) mass is 362 g/mol. The summed E-state index contributed by atoms with van der Waals surface area (Å²) in [5.41, 5.74) is 2.55. The minimum atomic E-state index is -0.164. The first-order chi connectivity index (χ1) is 13.2. The molecule has 0 aliphatic carbocycles. The molecular formula is C22H22N2O3. The zero-order valence-corrected chi connectivity index (χ0v) is 15.4. The second kappa shape index (κ2) is 8.85. The van der Waals surface area contributed by atoms with Crippen molar-refractivity contribution < 1.29 is 14.3 Å². The van der Waals surface area contributed by atoms with Crippen molar-refractivity contribution in [3.63, 3.8) is 0 Å². The number of benzene rings is 2. The molecule has 0 fully saturated rings. The smallest absolute Gasteiger partial charge is 0.251 e. The summed E-state index contributed by atoms with van der Waals surface area (Å²) < 4.78 is 11.2. The highest BCUT2D eigenvalue weighted by atomic mass is 16.5. The fraction of sp³-hybridized carbons (Fsp3) is 0.182. The Labute approximate surface area is 159 Å². The third-order valence-electron chi connectivity index (χ3n) is 4.22. The van der Waals surface area contributed by atoms with Gasteiger partial charge in [-0.1, -0.05) is 30.3 Å². The van der Waals surface area contributed by atoms with E-state index >= 15 is 0 Å². The Kier molecular flexibility index (Phi) is 6.05. The molecule has 0 saturated heterocycles. The Morgan fingerprint density at radius 2 is 1.78 bits per heavy atom. The first kappa shape index (κ1) is 18.5. The molecule has 0 bridgehead atoms. The van der Waals surface area contributed by atoms with Crippen molar-refractivity contribution in [3.8, 4) is 11.5 Å². The molecule has 27 heavy (non-hydrogen) atoms. The van der Waals surface area contributed by atoms with Gasteiger partial charge in [0.1, 0.15) is 6.61 Å².